The molecule has 1 fully saturated rings. The second-order valence-electron chi connectivity index (χ2n) is 7.09. The van der Waals surface area contributed by atoms with Crippen molar-refractivity contribution in [3.05, 3.63) is 70.2 Å². The number of likely N-dealkylation sites (tertiary alicyclic amines) is 1. The highest BCUT2D eigenvalue weighted by Crippen LogP contribution is 2.37. The van der Waals surface area contributed by atoms with Crippen molar-refractivity contribution in [1.82, 2.24) is 4.90 Å². The third kappa shape index (κ3) is 3.33. The highest BCUT2D eigenvalue weighted by atomic mass is 35.5. The smallest absolute Gasteiger partial charge is 0.339 e. The van der Waals surface area contributed by atoms with E-state index in [4.69, 9.17) is 16.3 Å². The average Bonchev–Trinajstić information content (AvgIpc) is 2.68. The molecule has 1 atom stereocenters. The molecular formula is C21H20ClNO4. The zero-order chi connectivity index (χ0) is 19.0. The first-order valence-corrected chi connectivity index (χ1v) is 9.41. The van der Waals surface area contributed by atoms with E-state index in [1.165, 1.54) is 0 Å². The number of nitrogens with zero attached hydrogens (tertiary/aromatic N) is 1. The van der Waals surface area contributed by atoms with E-state index < -0.39 is 17.7 Å². The molecule has 0 aromatic heterocycles. The van der Waals surface area contributed by atoms with Crippen LogP contribution in [0.1, 0.15) is 34.3 Å². The van der Waals surface area contributed by atoms with Crippen molar-refractivity contribution >= 4 is 23.5 Å². The van der Waals surface area contributed by atoms with Crippen molar-refractivity contribution in [1.29, 1.82) is 0 Å². The lowest BCUT2D eigenvalue weighted by atomic mass is 9.84. The van der Waals surface area contributed by atoms with Gasteiger partial charge in [0.15, 0.2) is 6.10 Å². The number of carbonyl (C=O) groups is 2. The number of hydrogen-bond donors (Lipinski definition) is 1. The Morgan fingerprint density at radius 1 is 1.11 bits per heavy atom. The lowest BCUT2D eigenvalue weighted by Crippen LogP contribution is -2.50. The Hall–Kier alpha value is -2.37. The zero-order valence-corrected chi connectivity index (χ0v) is 15.5. The molecule has 0 aliphatic carbocycles. The maximum atomic E-state index is 12.9. The molecule has 4 rings (SSSR count). The van der Waals surface area contributed by atoms with Gasteiger partial charge in [-0.1, -0.05) is 48.0 Å². The van der Waals surface area contributed by atoms with Crippen LogP contribution in [0.3, 0.4) is 0 Å². The second kappa shape index (κ2) is 6.98. The average molecular weight is 386 g/mol. The molecule has 2 aliphatic heterocycles. The van der Waals surface area contributed by atoms with Gasteiger partial charge < -0.3 is 14.7 Å². The summed E-state index contributed by atoms with van der Waals surface area (Å²) in [6.07, 6.45) is 0.352. The number of carbonyl (C=O) groups excluding carboxylic acids is 2. The minimum atomic E-state index is -1.05. The largest absolute Gasteiger partial charge is 0.448 e. The van der Waals surface area contributed by atoms with Crippen LogP contribution in [0, 0.1) is 0 Å². The van der Waals surface area contributed by atoms with Crippen molar-refractivity contribution in [2.75, 3.05) is 13.1 Å². The van der Waals surface area contributed by atoms with Crippen LogP contribution in [0.2, 0.25) is 5.02 Å². The van der Waals surface area contributed by atoms with Gasteiger partial charge in [-0.2, -0.15) is 0 Å². The predicted molar refractivity (Wildman–Crippen MR) is 101 cm³/mol. The molecule has 0 saturated carbocycles. The molecule has 1 amide bonds. The molecule has 6 heteroatoms. The van der Waals surface area contributed by atoms with Crippen LogP contribution in [0.5, 0.6) is 0 Å². The third-order valence-corrected chi connectivity index (χ3v) is 5.77. The fraction of sp³-hybridized carbons (Fsp3) is 0.333. The Morgan fingerprint density at radius 2 is 1.78 bits per heavy atom. The minimum Gasteiger partial charge on any atom is -0.448 e. The minimum absolute atomic E-state index is 0.209. The summed E-state index contributed by atoms with van der Waals surface area (Å²) in [7, 11) is 0. The number of halogens is 1. The number of hydrogen-bond acceptors (Lipinski definition) is 4. The van der Waals surface area contributed by atoms with Gasteiger partial charge in [0.25, 0.3) is 5.91 Å². The number of aliphatic hydroxyl groups is 1. The number of cyclic esters (lactones) is 1. The molecular weight excluding hydrogens is 366 g/mol. The summed E-state index contributed by atoms with van der Waals surface area (Å²) in [5, 5.41) is 11.5. The molecule has 5 nitrogen and oxygen atoms in total. The lowest BCUT2D eigenvalue weighted by Gasteiger charge is -2.40. The molecule has 140 valence electrons. The maximum Gasteiger partial charge on any atom is 0.339 e. The van der Waals surface area contributed by atoms with Crippen LogP contribution in [0.4, 0.5) is 0 Å². The van der Waals surface area contributed by atoms with Crippen LogP contribution in [0.15, 0.2) is 48.5 Å². The van der Waals surface area contributed by atoms with E-state index >= 15 is 0 Å². The summed E-state index contributed by atoms with van der Waals surface area (Å²) in [5.74, 6) is -0.668. The molecule has 2 aromatic rings. The predicted octanol–water partition coefficient (Wildman–Crippen LogP) is 2.93. The van der Waals surface area contributed by atoms with Gasteiger partial charge in [0.05, 0.1) is 11.2 Å². The summed E-state index contributed by atoms with van der Waals surface area (Å²) < 4.78 is 5.37. The molecule has 1 N–H and O–H groups in total. The van der Waals surface area contributed by atoms with Crippen LogP contribution in [-0.4, -0.2) is 41.1 Å². The van der Waals surface area contributed by atoms with Gasteiger partial charge in [-0.05, 0) is 30.5 Å². The molecule has 27 heavy (non-hydrogen) atoms. The van der Waals surface area contributed by atoms with Gasteiger partial charge in [0.1, 0.15) is 0 Å². The van der Waals surface area contributed by atoms with Gasteiger partial charge in [-0.25, -0.2) is 4.79 Å². The molecule has 0 radical (unpaired) electrons. The van der Waals surface area contributed by atoms with E-state index in [1.807, 2.05) is 30.3 Å². The Labute approximate surface area is 162 Å². The van der Waals surface area contributed by atoms with Crippen molar-refractivity contribution in [3.63, 3.8) is 0 Å². The van der Waals surface area contributed by atoms with E-state index in [2.05, 4.69) is 0 Å². The molecule has 2 heterocycles. The van der Waals surface area contributed by atoms with E-state index in [0.717, 1.165) is 5.56 Å². The summed E-state index contributed by atoms with van der Waals surface area (Å²) in [6.45, 7) is 0.770. The molecule has 2 aliphatic rings. The highest BCUT2D eigenvalue weighted by molar-refractivity contribution is 6.31. The van der Waals surface area contributed by atoms with E-state index in [-0.39, 0.29) is 5.91 Å². The fourth-order valence-corrected chi connectivity index (χ4v) is 4.19. The Balaban J connectivity index is 1.45. The molecule has 2 aromatic carbocycles. The normalized spacial score (nSPS) is 21.3. The summed E-state index contributed by atoms with van der Waals surface area (Å²) in [6, 6.07) is 14.4. The summed E-state index contributed by atoms with van der Waals surface area (Å²) in [4.78, 5) is 26.7. The standard InChI is InChI=1S/C21H20ClNO4/c22-17-8-4-3-7-16(17)21(26)9-11-23(12-10-21)19(24)18-13-14-5-1-2-6-15(14)20(25)27-18/h1-8,18,26H,9-13H2/t18-/m1/s1. The van der Waals surface area contributed by atoms with Gasteiger partial charge in [-0.15, -0.1) is 0 Å². The molecule has 1 saturated heterocycles. The highest BCUT2D eigenvalue weighted by Gasteiger charge is 2.40. The first-order valence-electron chi connectivity index (χ1n) is 9.03. The van der Waals surface area contributed by atoms with Crippen LogP contribution < -0.4 is 0 Å². The fourth-order valence-electron chi connectivity index (χ4n) is 3.88. The van der Waals surface area contributed by atoms with Gasteiger partial charge in [-0.3, -0.25) is 4.79 Å². The zero-order valence-electron chi connectivity index (χ0n) is 14.7. The van der Waals surface area contributed by atoms with Crippen molar-refractivity contribution in [2.45, 2.75) is 31.0 Å². The number of amides is 1. The maximum absolute atomic E-state index is 12.9. The Bertz CT molecular complexity index is 889. The van der Waals surface area contributed by atoms with Gasteiger partial charge in [0.2, 0.25) is 0 Å². The first-order chi connectivity index (χ1) is 13.0. The monoisotopic (exact) mass is 385 g/mol. The number of rotatable bonds is 2. The van der Waals surface area contributed by atoms with Crippen LogP contribution in [0.25, 0.3) is 0 Å². The van der Waals surface area contributed by atoms with Crippen LogP contribution in [-0.2, 0) is 21.6 Å². The van der Waals surface area contributed by atoms with Crippen molar-refractivity contribution in [2.24, 2.45) is 0 Å². The molecule has 0 unspecified atom stereocenters. The number of esters is 1. The Morgan fingerprint density at radius 3 is 2.52 bits per heavy atom. The summed E-state index contributed by atoms with van der Waals surface area (Å²) in [5.41, 5.74) is 0.993. The topological polar surface area (TPSA) is 66.8 Å². The second-order valence-corrected chi connectivity index (χ2v) is 7.50. The first kappa shape index (κ1) is 18.0. The van der Waals surface area contributed by atoms with Gasteiger partial charge in [0, 0.05) is 30.1 Å². The van der Waals surface area contributed by atoms with Gasteiger partial charge >= 0.3 is 5.97 Å². The van der Waals surface area contributed by atoms with E-state index in [1.54, 1.807) is 23.1 Å². The number of piperidine rings is 1. The number of benzene rings is 2. The van der Waals surface area contributed by atoms with E-state index in [0.29, 0.717) is 48.5 Å². The molecule has 0 spiro atoms. The quantitative estimate of drug-likeness (QED) is 0.807. The number of fused-ring (bicyclic) bond motifs is 1. The molecule has 0 bridgehead atoms. The number of ether oxygens (including phenoxy) is 1. The van der Waals surface area contributed by atoms with E-state index in [9.17, 15) is 14.7 Å². The summed E-state index contributed by atoms with van der Waals surface area (Å²) >= 11 is 6.23. The van der Waals surface area contributed by atoms with Crippen molar-refractivity contribution < 1.29 is 19.4 Å². The third-order valence-electron chi connectivity index (χ3n) is 5.44. The van der Waals surface area contributed by atoms with Crippen LogP contribution >= 0.6 is 11.6 Å². The SMILES string of the molecule is O=C1O[C@@H](C(=O)N2CCC(O)(c3ccccc3Cl)CC2)Cc2ccccc21. The van der Waals surface area contributed by atoms with Crippen molar-refractivity contribution in [3.8, 4) is 0 Å². The Kier molecular flexibility index (Phi) is 4.66. The lowest BCUT2D eigenvalue weighted by molar-refractivity contribution is -0.145.